The third kappa shape index (κ3) is 2.71. The molecule has 3 N–H and O–H groups in total. The molecule has 1 atom stereocenters. The maximum absolute atomic E-state index is 11.1. The van der Waals surface area contributed by atoms with Gasteiger partial charge in [-0.2, -0.15) is 0 Å². The van der Waals surface area contributed by atoms with Gasteiger partial charge in [-0.25, -0.2) is 0 Å². The van der Waals surface area contributed by atoms with E-state index < -0.39 is 11.5 Å². The molecule has 0 amide bonds. The lowest BCUT2D eigenvalue weighted by Gasteiger charge is -2.20. The molecule has 4 nitrogen and oxygen atoms in total. The van der Waals surface area contributed by atoms with E-state index in [9.17, 15) is 4.79 Å². The van der Waals surface area contributed by atoms with Crippen molar-refractivity contribution in [2.45, 2.75) is 31.8 Å². The van der Waals surface area contributed by atoms with E-state index >= 15 is 0 Å². The molecule has 0 spiro atoms. The molecule has 1 aliphatic heterocycles. The summed E-state index contributed by atoms with van der Waals surface area (Å²) in [5, 5.41) is 9.07. The van der Waals surface area contributed by atoms with Crippen LogP contribution < -0.4 is 5.73 Å². The summed E-state index contributed by atoms with van der Waals surface area (Å²) in [6, 6.07) is 8.46. The molecule has 1 fully saturated rings. The van der Waals surface area contributed by atoms with Gasteiger partial charge in [0.15, 0.2) is 0 Å². The van der Waals surface area contributed by atoms with Crippen LogP contribution in [0, 0.1) is 0 Å². The molecule has 1 aromatic rings. The van der Waals surface area contributed by atoms with E-state index in [1.807, 2.05) is 0 Å². The minimum absolute atomic E-state index is 0.428. The molecule has 1 aliphatic rings. The molecule has 1 saturated heterocycles. The van der Waals surface area contributed by atoms with Crippen molar-refractivity contribution in [3.63, 3.8) is 0 Å². The Hall–Kier alpha value is -1.39. The number of hydrogen-bond donors (Lipinski definition) is 2. The van der Waals surface area contributed by atoms with Gasteiger partial charge < -0.3 is 10.8 Å². The minimum atomic E-state index is -1.07. The van der Waals surface area contributed by atoms with E-state index in [2.05, 4.69) is 36.1 Å². The lowest BCUT2D eigenvalue weighted by atomic mass is 10.0. The first kappa shape index (κ1) is 13.1. The first-order chi connectivity index (χ1) is 8.53. The van der Waals surface area contributed by atoms with Gasteiger partial charge in [-0.05, 0) is 24.0 Å². The highest BCUT2D eigenvalue weighted by atomic mass is 16.4. The predicted octanol–water partition coefficient (Wildman–Crippen LogP) is 1.24. The summed E-state index contributed by atoms with van der Waals surface area (Å²) in [4.78, 5) is 13.2. The van der Waals surface area contributed by atoms with Crippen LogP contribution in [0.2, 0.25) is 0 Å². The van der Waals surface area contributed by atoms with Gasteiger partial charge in [-0.3, -0.25) is 9.69 Å². The van der Waals surface area contributed by atoms with Crippen molar-refractivity contribution >= 4 is 5.97 Å². The van der Waals surface area contributed by atoms with E-state index in [4.69, 9.17) is 10.8 Å². The zero-order chi connectivity index (χ0) is 13.2. The average molecular weight is 248 g/mol. The Kier molecular flexibility index (Phi) is 3.68. The topological polar surface area (TPSA) is 66.6 Å². The molecule has 1 unspecified atom stereocenters. The number of carboxylic acid groups (broad SMARTS) is 1. The van der Waals surface area contributed by atoms with Crippen molar-refractivity contribution in [2.75, 3.05) is 13.1 Å². The van der Waals surface area contributed by atoms with Gasteiger partial charge in [0, 0.05) is 19.6 Å². The normalized spacial score (nSPS) is 24.3. The average Bonchev–Trinajstić information content (AvgIpc) is 2.73. The maximum atomic E-state index is 11.1. The number of hydrogen-bond acceptors (Lipinski definition) is 3. The Morgan fingerprint density at radius 3 is 2.50 bits per heavy atom. The molecule has 0 aromatic heterocycles. The molecule has 0 aliphatic carbocycles. The van der Waals surface area contributed by atoms with Crippen LogP contribution in [0.1, 0.15) is 24.5 Å². The zero-order valence-electron chi connectivity index (χ0n) is 10.7. The molecule has 0 saturated carbocycles. The molecule has 1 heterocycles. The number of benzene rings is 1. The summed E-state index contributed by atoms with van der Waals surface area (Å²) in [6.45, 7) is 4.08. The fraction of sp³-hybridized carbons (Fsp3) is 0.500. The SMILES string of the molecule is CCc1ccc(CN2CCC(N)(C(=O)O)C2)cc1. The van der Waals surface area contributed by atoms with Crippen molar-refractivity contribution in [2.24, 2.45) is 5.73 Å². The quantitative estimate of drug-likeness (QED) is 0.841. The third-order valence-electron chi connectivity index (χ3n) is 3.64. The fourth-order valence-electron chi connectivity index (χ4n) is 2.36. The molecular formula is C14H20N2O2. The van der Waals surface area contributed by atoms with Gasteiger partial charge in [0.1, 0.15) is 5.54 Å². The van der Waals surface area contributed by atoms with E-state index in [1.54, 1.807) is 0 Å². The van der Waals surface area contributed by atoms with Gasteiger partial charge >= 0.3 is 5.97 Å². The summed E-state index contributed by atoms with van der Waals surface area (Å²) in [7, 11) is 0. The number of nitrogens with zero attached hydrogens (tertiary/aromatic N) is 1. The Balaban J connectivity index is 1.97. The van der Waals surface area contributed by atoms with Crippen molar-refractivity contribution in [1.82, 2.24) is 4.90 Å². The Morgan fingerprint density at radius 1 is 1.39 bits per heavy atom. The second-order valence-corrected chi connectivity index (χ2v) is 5.09. The summed E-state index contributed by atoms with van der Waals surface area (Å²) in [6.07, 6.45) is 1.56. The van der Waals surface area contributed by atoms with Crippen LogP contribution in [0.4, 0.5) is 0 Å². The van der Waals surface area contributed by atoms with Crippen LogP contribution >= 0.6 is 0 Å². The largest absolute Gasteiger partial charge is 0.480 e. The van der Waals surface area contributed by atoms with Crippen LogP contribution in [0.5, 0.6) is 0 Å². The zero-order valence-corrected chi connectivity index (χ0v) is 10.7. The smallest absolute Gasteiger partial charge is 0.325 e. The van der Waals surface area contributed by atoms with E-state index in [-0.39, 0.29) is 0 Å². The number of carbonyl (C=O) groups is 1. The molecule has 98 valence electrons. The monoisotopic (exact) mass is 248 g/mol. The lowest BCUT2D eigenvalue weighted by molar-refractivity contribution is -0.142. The molecule has 4 heteroatoms. The van der Waals surface area contributed by atoms with Gasteiger partial charge in [0.2, 0.25) is 0 Å². The third-order valence-corrected chi connectivity index (χ3v) is 3.64. The Morgan fingerprint density at radius 2 is 2.00 bits per heavy atom. The second kappa shape index (κ2) is 5.08. The lowest BCUT2D eigenvalue weighted by Crippen LogP contribution is -2.50. The van der Waals surface area contributed by atoms with Gasteiger partial charge in [-0.1, -0.05) is 31.2 Å². The number of nitrogens with two attached hydrogens (primary N) is 1. The highest BCUT2D eigenvalue weighted by Gasteiger charge is 2.40. The van der Waals surface area contributed by atoms with Gasteiger partial charge in [-0.15, -0.1) is 0 Å². The fourth-order valence-corrected chi connectivity index (χ4v) is 2.36. The molecule has 2 rings (SSSR count). The van der Waals surface area contributed by atoms with Crippen molar-refractivity contribution in [1.29, 1.82) is 0 Å². The predicted molar refractivity (Wildman–Crippen MR) is 70.3 cm³/mol. The highest BCUT2D eigenvalue weighted by molar-refractivity contribution is 5.79. The summed E-state index contributed by atoms with van der Waals surface area (Å²) < 4.78 is 0. The van der Waals surface area contributed by atoms with E-state index in [1.165, 1.54) is 11.1 Å². The Bertz CT molecular complexity index is 430. The summed E-state index contributed by atoms with van der Waals surface area (Å²) in [5.41, 5.74) is 7.31. The number of likely N-dealkylation sites (tertiary alicyclic amines) is 1. The summed E-state index contributed by atoms with van der Waals surface area (Å²) in [5.74, 6) is -0.897. The maximum Gasteiger partial charge on any atom is 0.325 e. The number of rotatable bonds is 4. The summed E-state index contributed by atoms with van der Waals surface area (Å²) >= 11 is 0. The molecule has 0 bridgehead atoms. The van der Waals surface area contributed by atoms with Gasteiger partial charge in [0.05, 0.1) is 0 Å². The first-order valence-corrected chi connectivity index (χ1v) is 6.36. The minimum Gasteiger partial charge on any atom is -0.480 e. The molecular weight excluding hydrogens is 228 g/mol. The number of carboxylic acids is 1. The molecule has 0 radical (unpaired) electrons. The number of aryl methyl sites for hydroxylation is 1. The van der Waals surface area contributed by atoms with Crippen LogP contribution in [-0.4, -0.2) is 34.6 Å². The van der Waals surface area contributed by atoms with Crippen molar-refractivity contribution in [3.8, 4) is 0 Å². The van der Waals surface area contributed by atoms with Crippen LogP contribution in [0.15, 0.2) is 24.3 Å². The Labute approximate surface area is 107 Å². The first-order valence-electron chi connectivity index (χ1n) is 6.36. The molecule has 1 aromatic carbocycles. The van der Waals surface area contributed by atoms with Crippen LogP contribution in [0.25, 0.3) is 0 Å². The highest BCUT2D eigenvalue weighted by Crippen LogP contribution is 2.21. The van der Waals surface area contributed by atoms with E-state index in [0.717, 1.165) is 19.5 Å². The second-order valence-electron chi connectivity index (χ2n) is 5.09. The standard InChI is InChI=1S/C14H20N2O2/c1-2-11-3-5-12(6-4-11)9-16-8-7-14(15,10-16)13(17)18/h3-6H,2,7-10,15H2,1H3,(H,17,18). The van der Waals surface area contributed by atoms with Crippen LogP contribution in [-0.2, 0) is 17.8 Å². The van der Waals surface area contributed by atoms with E-state index in [0.29, 0.717) is 13.0 Å². The number of aliphatic carboxylic acids is 1. The van der Waals surface area contributed by atoms with Crippen molar-refractivity contribution < 1.29 is 9.90 Å². The van der Waals surface area contributed by atoms with Gasteiger partial charge in [0.25, 0.3) is 0 Å². The van der Waals surface area contributed by atoms with Crippen LogP contribution in [0.3, 0.4) is 0 Å². The van der Waals surface area contributed by atoms with Crippen molar-refractivity contribution in [3.05, 3.63) is 35.4 Å². The molecule has 18 heavy (non-hydrogen) atoms.